The number of nitrogens with one attached hydrogen (secondary N) is 1. The third kappa shape index (κ3) is 3.69. The van der Waals surface area contributed by atoms with Crippen LogP contribution < -0.4 is 5.32 Å². The topological polar surface area (TPSA) is 18.5 Å². The first-order valence-corrected chi connectivity index (χ1v) is 7.86. The van der Waals surface area contributed by atoms with E-state index in [0.29, 0.717) is 0 Å². The largest absolute Gasteiger partial charge is 0.314 e. The molecule has 0 saturated carbocycles. The van der Waals surface area contributed by atoms with Gasteiger partial charge in [-0.25, -0.2) is 0 Å². The van der Waals surface area contributed by atoms with Gasteiger partial charge in [0.05, 0.1) is 0 Å². The molecule has 2 heterocycles. The number of likely N-dealkylation sites (tertiary alicyclic amines) is 2. The highest BCUT2D eigenvalue weighted by atomic mass is 15.2. The Morgan fingerprint density at radius 2 is 2.00 bits per heavy atom. The first-order valence-electron chi connectivity index (χ1n) is 7.86. The van der Waals surface area contributed by atoms with Crippen LogP contribution in [0.3, 0.4) is 0 Å². The Bertz CT molecular complexity index is 244. The Hall–Kier alpha value is -0.120. The van der Waals surface area contributed by atoms with Gasteiger partial charge in [-0.15, -0.1) is 0 Å². The van der Waals surface area contributed by atoms with Gasteiger partial charge < -0.3 is 15.1 Å². The van der Waals surface area contributed by atoms with Crippen LogP contribution in [-0.4, -0.2) is 61.7 Å². The van der Waals surface area contributed by atoms with Gasteiger partial charge in [-0.3, -0.25) is 0 Å². The average Bonchev–Trinajstić information content (AvgIpc) is 2.36. The van der Waals surface area contributed by atoms with Crippen LogP contribution in [0.2, 0.25) is 0 Å². The number of hydrogen-bond donors (Lipinski definition) is 1. The Morgan fingerprint density at radius 3 is 2.67 bits per heavy atom. The van der Waals surface area contributed by atoms with Gasteiger partial charge in [-0.05, 0) is 51.9 Å². The summed E-state index contributed by atoms with van der Waals surface area (Å²) in [5.74, 6) is 0.799. The molecule has 2 rings (SSSR count). The second-order valence-electron chi connectivity index (χ2n) is 6.32. The fourth-order valence-electron chi connectivity index (χ4n) is 3.64. The van der Waals surface area contributed by atoms with Crippen LogP contribution in [0.5, 0.6) is 0 Å². The molecule has 0 aromatic heterocycles. The van der Waals surface area contributed by atoms with Crippen molar-refractivity contribution in [3.05, 3.63) is 0 Å². The Balaban J connectivity index is 1.77. The molecule has 0 bridgehead atoms. The highest BCUT2D eigenvalue weighted by Crippen LogP contribution is 2.21. The molecule has 2 aliphatic heterocycles. The van der Waals surface area contributed by atoms with E-state index in [0.717, 1.165) is 24.5 Å². The van der Waals surface area contributed by atoms with E-state index >= 15 is 0 Å². The van der Waals surface area contributed by atoms with Crippen molar-refractivity contribution in [2.24, 2.45) is 5.92 Å². The van der Waals surface area contributed by atoms with Crippen molar-refractivity contribution >= 4 is 0 Å². The molecule has 2 aliphatic rings. The monoisotopic (exact) mass is 253 g/mol. The van der Waals surface area contributed by atoms with E-state index in [4.69, 9.17) is 0 Å². The number of nitrogens with zero attached hydrogens (tertiary/aromatic N) is 2. The molecular formula is C15H31N3. The van der Waals surface area contributed by atoms with E-state index in [1.165, 1.54) is 51.9 Å². The Labute approximate surface area is 113 Å². The molecule has 3 nitrogen and oxygen atoms in total. The molecule has 18 heavy (non-hydrogen) atoms. The van der Waals surface area contributed by atoms with E-state index in [9.17, 15) is 0 Å². The van der Waals surface area contributed by atoms with Crippen LogP contribution in [-0.2, 0) is 0 Å². The fraction of sp³-hybridized carbons (Fsp3) is 1.00. The first-order chi connectivity index (χ1) is 8.70. The van der Waals surface area contributed by atoms with Gasteiger partial charge in [0.25, 0.3) is 0 Å². The molecule has 3 unspecified atom stereocenters. The smallest absolute Gasteiger partial charge is 0.0220 e. The van der Waals surface area contributed by atoms with Gasteiger partial charge in [0.1, 0.15) is 0 Å². The summed E-state index contributed by atoms with van der Waals surface area (Å²) in [4.78, 5) is 5.27. The zero-order chi connectivity index (χ0) is 13.0. The lowest BCUT2D eigenvalue weighted by atomic mass is 9.92. The predicted molar refractivity (Wildman–Crippen MR) is 78.0 cm³/mol. The van der Waals surface area contributed by atoms with Gasteiger partial charge in [-0.2, -0.15) is 0 Å². The van der Waals surface area contributed by atoms with Crippen LogP contribution in [0.25, 0.3) is 0 Å². The zero-order valence-corrected chi connectivity index (χ0v) is 12.5. The molecule has 0 spiro atoms. The maximum atomic E-state index is 3.63. The van der Waals surface area contributed by atoms with Gasteiger partial charge in [0.15, 0.2) is 0 Å². The zero-order valence-electron chi connectivity index (χ0n) is 12.5. The second-order valence-corrected chi connectivity index (χ2v) is 6.32. The average molecular weight is 253 g/mol. The molecular weight excluding hydrogens is 222 g/mol. The minimum Gasteiger partial charge on any atom is -0.314 e. The molecule has 3 heteroatoms. The normalized spacial score (nSPS) is 35.8. The van der Waals surface area contributed by atoms with Crippen molar-refractivity contribution in [3.63, 3.8) is 0 Å². The van der Waals surface area contributed by atoms with Gasteiger partial charge in [0.2, 0.25) is 0 Å². The number of likely N-dealkylation sites (N-methyl/N-ethyl adjacent to an activating group) is 1. The summed E-state index contributed by atoms with van der Waals surface area (Å²) in [5, 5.41) is 3.63. The molecule has 0 aromatic carbocycles. The highest BCUT2D eigenvalue weighted by Gasteiger charge is 2.28. The van der Waals surface area contributed by atoms with Crippen LogP contribution in [0.1, 0.15) is 39.5 Å². The summed E-state index contributed by atoms with van der Waals surface area (Å²) in [6, 6.07) is 1.55. The van der Waals surface area contributed by atoms with Crippen molar-refractivity contribution in [2.75, 3.05) is 39.8 Å². The van der Waals surface area contributed by atoms with Crippen LogP contribution in [0.15, 0.2) is 0 Å². The quantitative estimate of drug-likeness (QED) is 0.824. The van der Waals surface area contributed by atoms with Gasteiger partial charge in [0, 0.05) is 25.2 Å². The maximum absolute atomic E-state index is 3.63. The lowest BCUT2D eigenvalue weighted by molar-refractivity contribution is 0.0888. The van der Waals surface area contributed by atoms with Crippen molar-refractivity contribution in [2.45, 2.75) is 51.6 Å². The molecule has 2 fully saturated rings. The molecule has 3 atom stereocenters. The van der Waals surface area contributed by atoms with E-state index < -0.39 is 0 Å². The number of piperidine rings is 2. The molecule has 0 radical (unpaired) electrons. The second kappa shape index (κ2) is 6.88. The van der Waals surface area contributed by atoms with Crippen LogP contribution in [0, 0.1) is 5.92 Å². The third-order valence-electron chi connectivity index (χ3n) is 4.85. The predicted octanol–water partition coefficient (Wildman–Crippen LogP) is 1.79. The standard InChI is InChI=1S/C15H31N3/c1-4-16-15-8-10-18(11-13(15)2)12-14-7-5-6-9-17(14)3/h13-16H,4-12H2,1-3H3. The first kappa shape index (κ1) is 14.3. The van der Waals surface area contributed by atoms with Crippen molar-refractivity contribution in [1.29, 1.82) is 0 Å². The molecule has 2 saturated heterocycles. The summed E-state index contributed by atoms with van der Waals surface area (Å²) in [6.45, 7) is 10.9. The maximum Gasteiger partial charge on any atom is 0.0220 e. The highest BCUT2D eigenvalue weighted by molar-refractivity contribution is 4.85. The van der Waals surface area contributed by atoms with Gasteiger partial charge >= 0.3 is 0 Å². The Kier molecular flexibility index (Phi) is 5.46. The van der Waals surface area contributed by atoms with Crippen molar-refractivity contribution in [1.82, 2.24) is 15.1 Å². The lowest BCUT2D eigenvalue weighted by Gasteiger charge is -2.41. The number of hydrogen-bond acceptors (Lipinski definition) is 3. The van der Waals surface area contributed by atoms with E-state index in [1.54, 1.807) is 0 Å². The summed E-state index contributed by atoms with van der Waals surface area (Å²) in [5.41, 5.74) is 0. The minimum absolute atomic E-state index is 0.746. The molecule has 0 aromatic rings. The lowest BCUT2D eigenvalue weighted by Crippen LogP contribution is -2.52. The molecule has 0 aliphatic carbocycles. The van der Waals surface area contributed by atoms with E-state index in [-0.39, 0.29) is 0 Å². The molecule has 106 valence electrons. The van der Waals surface area contributed by atoms with Crippen LogP contribution >= 0.6 is 0 Å². The Morgan fingerprint density at radius 1 is 1.17 bits per heavy atom. The molecule has 0 amide bonds. The summed E-state index contributed by atoms with van der Waals surface area (Å²) in [6.07, 6.45) is 5.55. The number of rotatable bonds is 4. The summed E-state index contributed by atoms with van der Waals surface area (Å²) >= 11 is 0. The van der Waals surface area contributed by atoms with E-state index in [2.05, 4.69) is 36.0 Å². The van der Waals surface area contributed by atoms with Gasteiger partial charge in [-0.1, -0.05) is 20.3 Å². The SMILES string of the molecule is CCNC1CCN(CC2CCCCN2C)CC1C. The fourth-order valence-corrected chi connectivity index (χ4v) is 3.64. The van der Waals surface area contributed by atoms with Crippen molar-refractivity contribution in [3.8, 4) is 0 Å². The summed E-state index contributed by atoms with van der Waals surface area (Å²) < 4.78 is 0. The molecule has 1 N–H and O–H groups in total. The summed E-state index contributed by atoms with van der Waals surface area (Å²) in [7, 11) is 2.30. The van der Waals surface area contributed by atoms with Crippen LogP contribution in [0.4, 0.5) is 0 Å². The minimum atomic E-state index is 0.746. The van der Waals surface area contributed by atoms with E-state index in [1.807, 2.05) is 0 Å². The van der Waals surface area contributed by atoms with Crippen molar-refractivity contribution < 1.29 is 0 Å². The third-order valence-corrected chi connectivity index (χ3v) is 4.85.